The third-order valence-electron chi connectivity index (χ3n) is 3.07. The van der Waals surface area contributed by atoms with Gasteiger partial charge in [0.2, 0.25) is 5.91 Å². The molecule has 1 aliphatic heterocycles. The zero-order valence-electron chi connectivity index (χ0n) is 10.6. The first-order chi connectivity index (χ1) is 9.45. The summed E-state index contributed by atoms with van der Waals surface area (Å²) in [7, 11) is 1.21. The second kappa shape index (κ2) is 5.81. The van der Waals surface area contributed by atoms with Gasteiger partial charge in [-0.1, -0.05) is 23.2 Å². The summed E-state index contributed by atoms with van der Waals surface area (Å²) in [6, 6.07) is 3.43. The number of rotatable bonds is 2. The van der Waals surface area contributed by atoms with Crippen molar-refractivity contribution in [2.45, 2.75) is 18.9 Å². The van der Waals surface area contributed by atoms with Crippen LogP contribution in [-0.2, 0) is 14.3 Å². The molecule has 7 heteroatoms. The zero-order valence-corrected chi connectivity index (χ0v) is 12.1. The summed E-state index contributed by atoms with van der Waals surface area (Å²) in [5, 5.41) is 0.509. The van der Waals surface area contributed by atoms with Gasteiger partial charge >= 0.3 is 5.97 Å². The van der Waals surface area contributed by atoms with E-state index in [1.807, 2.05) is 0 Å². The number of likely N-dealkylation sites (tertiary alicyclic amines) is 1. The monoisotopic (exact) mass is 315 g/mol. The SMILES string of the molecule is COC(=O)[C@@H]1CCC(=O)N1C(=O)c1ccc(Cl)cc1Cl. The molecule has 0 saturated carbocycles. The van der Waals surface area contributed by atoms with Crippen molar-refractivity contribution in [3.8, 4) is 0 Å². The van der Waals surface area contributed by atoms with E-state index in [9.17, 15) is 14.4 Å². The summed E-state index contributed by atoms with van der Waals surface area (Å²) in [5.41, 5.74) is 0.125. The Bertz CT molecular complexity index is 588. The maximum Gasteiger partial charge on any atom is 0.329 e. The number of halogens is 2. The van der Waals surface area contributed by atoms with Gasteiger partial charge in [-0.05, 0) is 24.6 Å². The van der Waals surface area contributed by atoms with Crippen LogP contribution in [0.25, 0.3) is 0 Å². The van der Waals surface area contributed by atoms with Gasteiger partial charge in [0.1, 0.15) is 6.04 Å². The van der Waals surface area contributed by atoms with E-state index in [0.717, 1.165) is 4.90 Å². The number of carbonyl (C=O) groups excluding carboxylic acids is 3. The van der Waals surface area contributed by atoms with Crippen LogP contribution in [0, 0.1) is 0 Å². The van der Waals surface area contributed by atoms with Crippen LogP contribution in [0.15, 0.2) is 18.2 Å². The summed E-state index contributed by atoms with van der Waals surface area (Å²) >= 11 is 11.7. The Morgan fingerprint density at radius 2 is 2.05 bits per heavy atom. The molecule has 0 aliphatic carbocycles. The Balaban J connectivity index is 2.35. The Morgan fingerprint density at radius 3 is 2.65 bits per heavy atom. The van der Waals surface area contributed by atoms with E-state index in [-0.39, 0.29) is 23.4 Å². The summed E-state index contributed by atoms with van der Waals surface area (Å²) in [6.07, 6.45) is 0.374. The molecule has 1 atom stereocenters. The van der Waals surface area contributed by atoms with Crippen molar-refractivity contribution in [1.29, 1.82) is 0 Å². The molecule has 0 aromatic heterocycles. The zero-order chi connectivity index (χ0) is 14.9. The average Bonchev–Trinajstić information content (AvgIpc) is 2.79. The van der Waals surface area contributed by atoms with Crippen molar-refractivity contribution in [3.63, 3.8) is 0 Å². The molecule has 5 nitrogen and oxygen atoms in total. The molecule has 20 heavy (non-hydrogen) atoms. The second-order valence-electron chi connectivity index (χ2n) is 4.27. The van der Waals surface area contributed by atoms with Gasteiger partial charge < -0.3 is 4.74 Å². The minimum atomic E-state index is -0.897. The highest BCUT2D eigenvalue weighted by Crippen LogP contribution is 2.27. The molecule has 1 saturated heterocycles. The second-order valence-corrected chi connectivity index (χ2v) is 5.11. The minimum Gasteiger partial charge on any atom is -0.467 e. The predicted molar refractivity (Wildman–Crippen MR) is 72.7 cm³/mol. The Hall–Kier alpha value is -1.59. The van der Waals surface area contributed by atoms with Crippen molar-refractivity contribution >= 4 is 41.0 Å². The van der Waals surface area contributed by atoms with E-state index in [1.54, 1.807) is 0 Å². The molecule has 2 amide bonds. The molecule has 2 rings (SSSR count). The number of carbonyl (C=O) groups is 3. The van der Waals surface area contributed by atoms with Gasteiger partial charge in [0.05, 0.1) is 17.7 Å². The van der Waals surface area contributed by atoms with E-state index < -0.39 is 23.8 Å². The topological polar surface area (TPSA) is 63.7 Å². The first kappa shape index (κ1) is 14.8. The van der Waals surface area contributed by atoms with Crippen LogP contribution in [0.1, 0.15) is 23.2 Å². The fourth-order valence-electron chi connectivity index (χ4n) is 2.09. The largest absolute Gasteiger partial charge is 0.467 e. The predicted octanol–water partition coefficient (Wildman–Crippen LogP) is 2.30. The van der Waals surface area contributed by atoms with Gasteiger partial charge in [0.25, 0.3) is 5.91 Å². The molecule has 0 radical (unpaired) electrons. The molecular weight excluding hydrogens is 305 g/mol. The van der Waals surface area contributed by atoms with Gasteiger partial charge in [-0.2, -0.15) is 0 Å². The third kappa shape index (κ3) is 2.64. The third-order valence-corrected chi connectivity index (χ3v) is 3.61. The minimum absolute atomic E-state index is 0.122. The Labute approximate surface area is 125 Å². The van der Waals surface area contributed by atoms with Gasteiger partial charge in [0, 0.05) is 11.4 Å². The highest BCUT2D eigenvalue weighted by molar-refractivity contribution is 6.37. The number of ether oxygens (including phenoxy) is 1. The summed E-state index contributed by atoms with van der Waals surface area (Å²) in [6.45, 7) is 0. The number of imide groups is 1. The fraction of sp³-hybridized carbons (Fsp3) is 0.308. The van der Waals surface area contributed by atoms with E-state index in [2.05, 4.69) is 4.74 Å². The van der Waals surface area contributed by atoms with Gasteiger partial charge in [-0.3, -0.25) is 14.5 Å². The summed E-state index contributed by atoms with van der Waals surface area (Å²) in [5.74, 6) is -1.66. The number of esters is 1. The van der Waals surface area contributed by atoms with Crippen LogP contribution < -0.4 is 0 Å². The number of hydrogen-bond acceptors (Lipinski definition) is 4. The first-order valence-corrected chi connectivity index (χ1v) is 6.60. The summed E-state index contributed by atoms with van der Waals surface area (Å²) in [4.78, 5) is 36.7. The standard InChI is InChI=1S/C13H11Cl2NO4/c1-20-13(19)10-4-5-11(17)16(10)12(18)8-3-2-7(14)6-9(8)15/h2-3,6,10H,4-5H2,1H3/t10-/m0/s1. The Morgan fingerprint density at radius 1 is 1.35 bits per heavy atom. The number of hydrogen-bond donors (Lipinski definition) is 0. The van der Waals surface area contributed by atoms with Gasteiger partial charge in [-0.15, -0.1) is 0 Å². The quantitative estimate of drug-likeness (QED) is 0.620. The Kier molecular flexibility index (Phi) is 4.30. The normalized spacial score (nSPS) is 18.2. The summed E-state index contributed by atoms with van der Waals surface area (Å²) < 4.78 is 4.61. The molecule has 106 valence electrons. The molecule has 0 unspecified atom stereocenters. The first-order valence-electron chi connectivity index (χ1n) is 5.85. The van der Waals surface area contributed by atoms with Gasteiger partial charge in [0.15, 0.2) is 0 Å². The van der Waals surface area contributed by atoms with Gasteiger partial charge in [-0.25, -0.2) is 4.79 Å². The van der Waals surface area contributed by atoms with Crippen molar-refractivity contribution in [3.05, 3.63) is 33.8 Å². The highest BCUT2D eigenvalue weighted by atomic mass is 35.5. The molecular formula is C13H11Cl2NO4. The van der Waals surface area contributed by atoms with Crippen LogP contribution in [0.5, 0.6) is 0 Å². The molecule has 1 aromatic carbocycles. The number of amides is 2. The number of benzene rings is 1. The lowest BCUT2D eigenvalue weighted by Gasteiger charge is -2.21. The van der Waals surface area contributed by atoms with E-state index in [0.29, 0.717) is 5.02 Å². The van der Waals surface area contributed by atoms with Crippen molar-refractivity contribution in [1.82, 2.24) is 4.90 Å². The lowest BCUT2D eigenvalue weighted by atomic mass is 10.1. The van der Waals surface area contributed by atoms with Crippen LogP contribution in [0.2, 0.25) is 10.0 Å². The molecule has 0 N–H and O–H groups in total. The van der Waals surface area contributed by atoms with Crippen molar-refractivity contribution in [2.24, 2.45) is 0 Å². The molecule has 0 spiro atoms. The molecule has 0 bridgehead atoms. The number of methoxy groups -OCH3 is 1. The number of nitrogens with zero attached hydrogens (tertiary/aromatic N) is 1. The van der Waals surface area contributed by atoms with E-state index >= 15 is 0 Å². The van der Waals surface area contributed by atoms with Crippen LogP contribution in [-0.4, -0.2) is 35.8 Å². The van der Waals surface area contributed by atoms with Crippen LogP contribution >= 0.6 is 23.2 Å². The average molecular weight is 316 g/mol. The smallest absolute Gasteiger partial charge is 0.329 e. The maximum atomic E-state index is 12.4. The van der Waals surface area contributed by atoms with Crippen molar-refractivity contribution in [2.75, 3.05) is 7.11 Å². The lowest BCUT2D eigenvalue weighted by molar-refractivity contribution is -0.147. The molecule has 1 aliphatic rings. The fourth-order valence-corrected chi connectivity index (χ4v) is 2.58. The molecule has 1 aromatic rings. The van der Waals surface area contributed by atoms with E-state index in [4.69, 9.17) is 23.2 Å². The van der Waals surface area contributed by atoms with Crippen molar-refractivity contribution < 1.29 is 19.1 Å². The lowest BCUT2D eigenvalue weighted by Crippen LogP contribution is -2.43. The van der Waals surface area contributed by atoms with E-state index in [1.165, 1.54) is 25.3 Å². The van der Waals surface area contributed by atoms with Crippen LogP contribution in [0.4, 0.5) is 0 Å². The molecule has 1 heterocycles. The highest BCUT2D eigenvalue weighted by Gasteiger charge is 2.41. The van der Waals surface area contributed by atoms with Crippen LogP contribution in [0.3, 0.4) is 0 Å². The molecule has 1 fully saturated rings. The maximum absolute atomic E-state index is 12.4.